The van der Waals surface area contributed by atoms with E-state index in [1.54, 1.807) is 6.92 Å². The zero-order valence-corrected chi connectivity index (χ0v) is 16.4. The lowest BCUT2D eigenvalue weighted by molar-refractivity contribution is -0.124. The number of carbonyl (C=O) groups is 2. The van der Waals surface area contributed by atoms with Crippen molar-refractivity contribution in [2.24, 2.45) is 5.92 Å². The number of hydrogen-bond donors (Lipinski definition) is 3. The first-order valence-corrected chi connectivity index (χ1v) is 10.2. The molecule has 1 aromatic rings. The maximum Gasteiger partial charge on any atom is 0.251 e. The van der Waals surface area contributed by atoms with Gasteiger partial charge in [0, 0.05) is 17.6 Å². The van der Waals surface area contributed by atoms with Gasteiger partial charge in [-0.15, -0.1) is 0 Å². The van der Waals surface area contributed by atoms with Crippen molar-refractivity contribution < 1.29 is 18.0 Å². The van der Waals surface area contributed by atoms with Crippen molar-refractivity contribution in [3.8, 4) is 0 Å². The molecule has 3 N–H and O–H groups in total. The fourth-order valence-corrected chi connectivity index (χ4v) is 3.42. The van der Waals surface area contributed by atoms with Crippen LogP contribution >= 0.6 is 0 Å². The Bertz CT molecular complexity index is 780. The molecule has 0 aromatic heterocycles. The van der Waals surface area contributed by atoms with Gasteiger partial charge in [0.2, 0.25) is 15.9 Å². The molecule has 0 aliphatic heterocycles. The van der Waals surface area contributed by atoms with Gasteiger partial charge in [-0.3, -0.25) is 9.59 Å². The molecule has 0 spiro atoms. The number of nitrogens with one attached hydrogen (secondary N) is 3. The maximum absolute atomic E-state index is 12.4. The van der Waals surface area contributed by atoms with E-state index in [1.807, 2.05) is 20.8 Å². The molecule has 26 heavy (non-hydrogen) atoms. The molecule has 8 heteroatoms. The monoisotopic (exact) mass is 381 g/mol. The van der Waals surface area contributed by atoms with Gasteiger partial charge in [0.25, 0.3) is 5.91 Å². The Balaban J connectivity index is 2.04. The molecule has 0 heterocycles. The summed E-state index contributed by atoms with van der Waals surface area (Å²) in [5, 5.41) is 5.38. The summed E-state index contributed by atoms with van der Waals surface area (Å²) in [7, 11) is -3.65. The van der Waals surface area contributed by atoms with Crippen LogP contribution in [0.3, 0.4) is 0 Å². The van der Waals surface area contributed by atoms with Crippen LogP contribution in [0.15, 0.2) is 29.2 Å². The summed E-state index contributed by atoms with van der Waals surface area (Å²) in [5.74, 6) is -0.389. The molecule has 1 aliphatic rings. The van der Waals surface area contributed by atoms with Crippen molar-refractivity contribution in [3.05, 3.63) is 29.8 Å². The molecule has 0 bridgehead atoms. The number of benzene rings is 1. The standard InChI is InChI=1S/C18H27N3O4S/c1-12(16(22)21-18(2,3)4)20-17(23)14-6-5-7-15(10-14)26(24,25)19-11-13-8-9-13/h5-7,10,12-13,19H,8-9,11H2,1-4H3,(H,20,23)(H,21,22)/t12-/m1/s1. The molecule has 1 atom stereocenters. The summed E-state index contributed by atoms with van der Waals surface area (Å²) in [6, 6.07) is 5.06. The highest BCUT2D eigenvalue weighted by Crippen LogP contribution is 2.28. The Morgan fingerprint density at radius 2 is 1.88 bits per heavy atom. The lowest BCUT2D eigenvalue weighted by atomic mass is 10.1. The van der Waals surface area contributed by atoms with Crippen LogP contribution in [0.1, 0.15) is 50.9 Å². The van der Waals surface area contributed by atoms with E-state index < -0.39 is 27.5 Å². The Hall–Kier alpha value is -1.93. The Labute approximate surface area is 155 Å². The highest BCUT2D eigenvalue weighted by molar-refractivity contribution is 7.89. The van der Waals surface area contributed by atoms with E-state index in [4.69, 9.17) is 0 Å². The lowest BCUT2D eigenvalue weighted by Gasteiger charge is -2.23. The normalized spacial score (nSPS) is 16.0. The van der Waals surface area contributed by atoms with Gasteiger partial charge in [-0.2, -0.15) is 0 Å². The molecule has 0 radical (unpaired) electrons. The van der Waals surface area contributed by atoms with Crippen molar-refractivity contribution in [2.75, 3.05) is 6.54 Å². The molecule has 2 amide bonds. The van der Waals surface area contributed by atoms with E-state index in [-0.39, 0.29) is 16.4 Å². The number of hydrogen-bond acceptors (Lipinski definition) is 4. The second kappa shape index (κ2) is 7.75. The quantitative estimate of drug-likeness (QED) is 0.664. The van der Waals surface area contributed by atoms with Crippen LogP contribution in [0.2, 0.25) is 0 Å². The number of sulfonamides is 1. The van der Waals surface area contributed by atoms with Crippen LogP contribution in [-0.4, -0.2) is 38.4 Å². The minimum absolute atomic E-state index is 0.0394. The maximum atomic E-state index is 12.4. The number of rotatable bonds is 7. The van der Waals surface area contributed by atoms with Gasteiger partial charge >= 0.3 is 0 Å². The molecule has 144 valence electrons. The first-order chi connectivity index (χ1) is 12.0. The van der Waals surface area contributed by atoms with Gasteiger partial charge in [0.05, 0.1) is 4.90 Å². The van der Waals surface area contributed by atoms with E-state index in [0.29, 0.717) is 12.5 Å². The van der Waals surface area contributed by atoms with E-state index in [2.05, 4.69) is 15.4 Å². The molecule has 1 aromatic carbocycles. The summed E-state index contributed by atoms with van der Waals surface area (Å²) in [5.41, 5.74) is -0.216. The van der Waals surface area contributed by atoms with Crippen LogP contribution in [0.25, 0.3) is 0 Å². The smallest absolute Gasteiger partial charge is 0.251 e. The third-order valence-electron chi connectivity index (χ3n) is 3.90. The van der Waals surface area contributed by atoms with Gasteiger partial charge in [-0.1, -0.05) is 6.07 Å². The Kier molecular flexibility index (Phi) is 6.08. The summed E-state index contributed by atoms with van der Waals surface area (Å²) in [6.07, 6.45) is 2.08. The Morgan fingerprint density at radius 3 is 2.46 bits per heavy atom. The molecule has 0 unspecified atom stereocenters. The fraction of sp³-hybridized carbons (Fsp3) is 0.556. The summed E-state index contributed by atoms with van der Waals surface area (Å²) >= 11 is 0. The second-order valence-electron chi connectivity index (χ2n) is 7.76. The highest BCUT2D eigenvalue weighted by atomic mass is 32.2. The zero-order valence-electron chi connectivity index (χ0n) is 15.6. The van der Waals surface area contributed by atoms with Crippen molar-refractivity contribution in [1.29, 1.82) is 0 Å². The molecule has 0 saturated heterocycles. The van der Waals surface area contributed by atoms with Gasteiger partial charge in [-0.25, -0.2) is 13.1 Å². The van der Waals surface area contributed by atoms with Crippen LogP contribution < -0.4 is 15.4 Å². The van der Waals surface area contributed by atoms with Crippen LogP contribution in [0, 0.1) is 5.92 Å². The van der Waals surface area contributed by atoms with E-state index in [1.165, 1.54) is 24.3 Å². The predicted octanol–water partition coefficient (Wildman–Crippen LogP) is 1.41. The fourth-order valence-electron chi connectivity index (χ4n) is 2.26. The van der Waals surface area contributed by atoms with Crippen molar-refractivity contribution in [3.63, 3.8) is 0 Å². The first-order valence-electron chi connectivity index (χ1n) is 8.70. The zero-order chi connectivity index (χ0) is 19.5. The SMILES string of the molecule is C[C@@H](NC(=O)c1cccc(S(=O)(=O)NCC2CC2)c1)C(=O)NC(C)(C)C. The summed E-state index contributed by atoms with van der Waals surface area (Å²) in [6.45, 7) is 7.55. The topological polar surface area (TPSA) is 104 Å². The van der Waals surface area contributed by atoms with Gasteiger partial charge in [-0.05, 0) is 64.7 Å². The Morgan fingerprint density at radius 1 is 1.23 bits per heavy atom. The third kappa shape index (κ3) is 6.10. The average Bonchev–Trinajstić information content (AvgIpc) is 3.36. The molecule has 1 fully saturated rings. The summed E-state index contributed by atoms with van der Waals surface area (Å²) in [4.78, 5) is 24.5. The molecule has 2 rings (SSSR count). The number of amides is 2. The van der Waals surface area contributed by atoms with Crippen molar-refractivity contribution >= 4 is 21.8 Å². The molecule has 1 saturated carbocycles. The van der Waals surface area contributed by atoms with Crippen molar-refractivity contribution in [2.45, 2.75) is 57.0 Å². The third-order valence-corrected chi connectivity index (χ3v) is 5.33. The van der Waals surface area contributed by atoms with E-state index in [9.17, 15) is 18.0 Å². The summed E-state index contributed by atoms with van der Waals surface area (Å²) < 4.78 is 27.2. The van der Waals surface area contributed by atoms with Crippen LogP contribution in [0.4, 0.5) is 0 Å². The minimum atomic E-state index is -3.65. The van der Waals surface area contributed by atoms with E-state index >= 15 is 0 Å². The second-order valence-corrected chi connectivity index (χ2v) is 9.52. The minimum Gasteiger partial charge on any atom is -0.350 e. The molecular weight excluding hydrogens is 354 g/mol. The van der Waals surface area contributed by atoms with Crippen molar-refractivity contribution in [1.82, 2.24) is 15.4 Å². The van der Waals surface area contributed by atoms with E-state index in [0.717, 1.165) is 12.8 Å². The van der Waals surface area contributed by atoms with Gasteiger partial charge in [0.1, 0.15) is 6.04 Å². The highest BCUT2D eigenvalue weighted by Gasteiger charge is 2.25. The molecular formula is C18H27N3O4S. The van der Waals surface area contributed by atoms with Gasteiger partial charge < -0.3 is 10.6 Å². The van der Waals surface area contributed by atoms with Crippen LogP contribution in [0.5, 0.6) is 0 Å². The largest absolute Gasteiger partial charge is 0.350 e. The number of carbonyl (C=O) groups excluding carboxylic acids is 2. The predicted molar refractivity (Wildman–Crippen MR) is 99.2 cm³/mol. The first kappa shape index (κ1) is 20.4. The molecule has 1 aliphatic carbocycles. The van der Waals surface area contributed by atoms with Crippen LogP contribution in [-0.2, 0) is 14.8 Å². The lowest BCUT2D eigenvalue weighted by Crippen LogP contribution is -2.50. The molecule has 7 nitrogen and oxygen atoms in total. The average molecular weight is 381 g/mol. The van der Waals surface area contributed by atoms with Gasteiger partial charge in [0.15, 0.2) is 0 Å².